The number of fused-ring (bicyclic) bond motifs is 1. The molecule has 0 unspecified atom stereocenters. The number of halogens is 1. The molecule has 1 aromatic heterocycles. The zero-order chi connectivity index (χ0) is 15.7. The van der Waals surface area contributed by atoms with Crippen LogP contribution in [0.1, 0.15) is 5.82 Å². The maximum absolute atomic E-state index is 6.17. The Hall–Kier alpha value is -1.97. The van der Waals surface area contributed by atoms with Crippen molar-refractivity contribution in [2.45, 2.75) is 6.54 Å². The molecule has 0 atom stereocenters. The van der Waals surface area contributed by atoms with Gasteiger partial charge in [0.15, 0.2) is 5.82 Å². The van der Waals surface area contributed by atoms with E-state index in [2.05, 4.69) is 33.3 Å². The summed E-state index contributed by atoms with van der Waals surface area (Å²) in [5, 5.41) is 1.69. The van der Waals surface area contributed by atoms with E-state index < -0.39 is 0 Å². The summed E-state index contributed by atoms with van der Waals surface area (Å²) in [5.41, 5.74) is 2.96. The molecule has 3 rings (SSSR count). The smallest absolute Gasteiger partial charge is 0.184 e. The van der Waals surface area contributed by atoms with Gasteiger partial charge in [-0.15, -0.1) is 0 Å². The van der Waals surface area contributed by atoms with E-state index in [1.165, 1.54) is 0 Å². The molecule has 0 aliphatic rings. The van der Waals surface area contributed by atoms with Gasteiger partial charge in [0.2, 0.25) is 0 Å². The number of quaternary nitrogens is 1. The Morgan fingerprint density at radius 3 is 2.36 bits per heavy atom. The van der Waals surface area contributed by atoms with Crippen molar-refractivity contribution < 1.29 is 4.48 Å². The number of benzene rings is 2. The highest BCUT2D eigenvalue weighted by atomic mass is 35.5. The predicted molar refractivity (Wildman–Crippen MR) is 91.7 cm³/mol. The Bertz CT molecular complexity index is 808. The van der Waals surface area contributed by atoms with E-state index in [9.17, 15) is 0 Å². The minimum absolute atomic E-state index is 0.702. The highest BCUT2D eigenvalue weighted by molar-refractivity contribution is 6.31. The molecule has 2 aromatic carbocycles. The first-order valence-electron chi connectivity index (χ1n) is 7.24. The largest absolute Gasteiger partial charge is 0.325 e. The van der Waals surface area contributed by atoms with Crippen molar-refractivity contribution in [1.29, 1.82) is 0 Å². The van der Waals surface area contributed by atoms with E-state index in [1.54, 1.807) is 0 Å². The molecule has 0 aliphatic carbocycles. The second kappa shape index (κ2) is 5.67. The highest BCUT2D eigenvalue weighted by Crippen LogP contribution is 2.28. The van der Waals surface area contributed by atoms with Gasteiger partial charge in [0, 0.05) is 16.0 Å². The average molecular weight is 313 g/mol. The lowest BCUT2D eigenvalue weighted by Gasteiger charge is -2.23. The molecular formula is C18H19ClN3+. The molecule has 0 spiro atoms. The van der Waals surface area contributed by atoms with Crippen LogP contribution in [0.5, 0.6) is 0 Å². The average Bonchev–Trinajstić information content (AvgIpc) is 2.46. The molecule has 0 fully saturated rings. The summed E-state index contributed by atoms with van der Waals surface area (Å²) in [6.07, 6.45) is 0. The molecule has 0 N–H and O–H groups in total. The van der Waals surface area contributed by atoms with Gasteiger partial charge in [-0.3, -0.25) is 0 Å². The summed E-state index contributed by atoms with van der Waals surface area (Å²) in [6, 6.07) is 16.0. The lowest BCUT2D eigenvalue weighted by Crippen LogP contribution is -2.34. The fraction of sp³-hybridized carbons (Fsp3) is 0.222. The zero-order valence-corrected chi connectivity index (χ0v) is 13.8. The molecule has 0 aliphatic heterocycles. The van der Waals surface area contributed by atoms with Crippen LogP contribution in [0.2, 0.25) is 5.02 Å². The van der Waals surface area contributed by atoms with E-state index in [0.29, 0.717) is 5.02 Å². The Balaban J connectivity index is 2.24. The number of aromatic nitrogens is 2. The molecule has 22 heavy (non-hydrogen) atoms. The Kier molecular flexibility index (Phi) is 3.85. The molecule has 0 bridgehead atoms. The summed E-state index contributed by atoms with van der Waals surface area (Å²) >= 11 is 6.17. The SMILES string of the molecule is C[N+](C)(C)Cc1nc(-c2ccccc2)c2cc(Cl)ccc2n1. The van der Waals surface area contributed by atoms with Crippen molar-refractivity contribution in [2.75, 3.05) is 21.1 Å². The number of rotatable bonds is 3. The van der Waals surface area contributed by atoms with Gasteiger partial charge in [0.05, 0.1) is 32.4 Å². The first-order chi connectivity index (χ1) is 10.4. The van der Waals surface area contributed by atoms with Crippen molar-refractivity contribution in [3.8, 4) is 11.3 Å². The van der Waals surface area contributed by atoms with Crippen molar-refractivity contribution in [3.63, 3.8) is 0 Å². The first-order valence-corrected chi connectivity index (χ1v) is 7.62. The Morgan fingerprint density at radius 2 is 1.68 bits per heavy atom. The number of hydrogen-bond acceptors (Lipinski definition) is 2. The molecule has 3 aromatic rings. The first kappa shape index (κ1) is 14.9. The fourth-order valence-corrected chi connectivity index (χ4v) is 2.63. The van der Waals surface area contributed by atoms with Crippen LogP contribution in [0, 0.1) is 0 Å². The van der Waals surface area contributed by atoms with E-state index in [0.717, 1.165) is 39.0 Å². The second-order valence-electron chi connectivity index (χ2n) is 6.46. The van der Waals surface area contributed by atoms with Crippen molar-refractivity contribution in [1.82, 2.24) is 9.97 Å². The second-order valence-corrected chi connectivity index (χ2v) is 6.90. The minimum Gasteiger partial charge on any atom is -0.325 e. The lowest BCUT2D eigenvalue weighted by molar-refractivity contribution is -0.884. The summed E-state index contributed by atoms with van der Waals surface area (Å²) < 4.78 is 0.785. The van der Waals surface area contributed by atoms with Gasteiger partial charge in [-0.25, -0.2) is 9.97 Å². The third-order valence-corrected chi connectivity index (χ3v) is 3.60. The number of hydrogen-bond donors (Lipinski definition) is 0. The molecule has 1 heterocycles. The normalized spacial score (nSPS) is 11.8. The summed E-state index contributed by atoms with van der Waals surface area (Å²) in [6.45, 7) is 0.776. The molecule has 0 amide bonds. The summed E-state index contributed by atoms with van der Waals surface area (Å²) in [4.78, 5) is 9.51. The predicted octanol–water partition coefficient (Wildman–Crippen LogP) is 4.16. The summed E-state index contributed by atoms with van der Waals surface area (Å²) in [7, 11) is 6.41. The van der Waals surface area contributed by atoms with Gasteiger partial charge >= 0.3 is 0 Å². The molecular weight excluding hydrogens is 294 g/mol. The van der Waals surface area contributed by atoms with E-state index >= 15 is 0 Å². The fourth-order valence-electron chi connectivity index (χ4n) is 2.46. The van der Waals surface area contributed by atoms with Gasteiger partial charge in [-0.1, -0.05) is 41.9 Å². The quantitative estimate of drug-likeness (QED) is 0.679. The van der Waals surface area contributed by atoms with Gasteiger partial charge in [0.1, 0.15) is 6.54 Å². The van der Waals surface area contributed by atoms with Crippen LogP contribution in [0.3, 0.4) is 0 Å². The topological polar surface area (TPSA) is 25.8 Å². The third-order valence-electron chi connectivity index (χ3n) is 3.37. The van der Waals surface area contributed by atoms with Crippen LogP contribution in [-0.2, 0) is 6.54 Å². The van der Waals surface area contributed by atoms with Crippen molar-refractivity contribution >= 4 is 22.5 Å². The maximum atomic E-state index is 6.17. The molecule has 0 saturated heterocycles. The van der Waals surface area contributed by atoms with Gasteiger partial charge in [-0.05, 0) is 18.2 Å². The van der Waals surface area contributed by atoms with Crippen molar-refractivity contribution in [2.24, 2.45) is 0 Å². The zero-order valence-electron chi connectivity index (χ0n) is 13.0. The Labute approximate surface area is 135 Å². The van der Waals surface area contributed by atoms with E-state index in [1.807, 2.05) is 36.4 Å². The van der Waals surface area contributed by atoms with Crippen LogP contribution in [0.25, 0.3) is 22.2 Å². The van der Waals surface area contributed by atoms with Gasteiger partial charge in [0.25, 0.3) is 0 Å². The van der Waals surface area contributed by atoms with Crippen molar-refractivity contribution in [3.05, 3.63) is 59.4 Å². The minimum atomic E-state index is 0.702. The van der Waals surface area contributed by atoms with Crippen LogP contribution >= 0.6 is 11.6 Å². The van der Waals surface area contributed by atoms with Crippen LogP contribution in [0.4, 0.5) is 0 Å². The van der Waals surface area contributed by atoms with Crippen LogP contribution in [0.15, 0.2) is 48.5 Å². The lowest BCUT2D eigenvalue weighted by atomic mass is 10.1. The van der Waals surface area contributed by atoms with Crippen LogP contribution < -0.4 is 0 Å². The molecule has 4 heteroatoms. The summed E-state index contributed by atoms with van der Waals surface area (Å²) in [5.74, 6) is 0.848. The highest BCUT2D eigenvalue weighted by Gasteiger charge is 2.15. The van der Waals surface area contributed by atoms with E-state index in [-0.39, 0.29) is 0 Å². The standard InChI is InChI=1S/C18H19ClN3/c1-22(2,3)12-17-20-16-10-9-14(19)11-15(16)18(21-17)13-7-5-4-6-8-13/h4-11H,12H2,1-3H3/q+1. The molecule has 3 nitrogen and oxygen atoms in total. The van der Waals surface area contributed by atoms with Crippen LogP contribution in [-0.4, -0.2) is 35.6 Å². The Morgan fingerprint density at radius 1 is 0.955 bits per heavy atom. The van der Waals surface area contributed by atoms with Gasteiger partial charge < -0.3 is 4.48 Å². The van der Waals surface area contributed by atoms with E-state index in [4.69, 9.17) is 21.6 Å². The van der Waals surface area contributed by atoms with Gasteiger partial charge in [-0.2, -0.15) is 0 Å². The molecule has 0 radical (unpaired) electrons. The number of nitrogens with zero attached hydrogens (tertiary/aromatic N) is 3. The monoisotopic (exact) mass is 312 g/mol. The molecule has 0 saturated carbocycles. The molecule has 112 valence electrons. The maximum Gasteiger partial charge on any atom is 0.184 e. The third kappa shape index (κ3) is 3.26.